The van der Waals surface area contributed by atoms with Crippen LogP contribution in [0.2, 0.25) is 0 Å². The van der Waals surface area contributed by atoms with E-state index in [1.807, 2.05) is 13.8 Å². The number of nitrogens with one attached hydrogen (secondary N) is 2. The van der Waals surface area contributed by atoms with Crippen molar-refractivity contribution >= 4 is 17.7 Å². The lowest BCUT2D eigenvalue weighted by Crippen LogP contribution is -2.55. The molecule has 1 fully saturated rings. The predicted molar refractivity (Wildman–Crippen MR) is 105 cm³/mol. The number of hydrogen-bond donors (Lipinski definition) is 3. The molecule has 3 atom stereocenters. The van der Waals surface area contributed by atoms with E-state index in [2.05, 4.69) is 20.6 Å². The van der Waals surface area contributed by atoms with Crippen LogP contribution in [0, 0.1) is 11.8 Å². The summed E-state index contributed by atoms with van der Waals surface area (Å²) in [6.45, 7) is 3.80. The molecule has 1 aromatic heterocycles. The SMILES string of the molecule is CC[C@H](C)[C@H](NC(=O)[C@H](CC1CCCCC1)NC(=O)c1cnccn1)C(N)=O. The maximum atomic E-state index is 12.9. The molecular formula is C20H31N5O3. The number of rotatable bonds is 9. The van der Waals surface area contributed by atoms with Gasteiger partial charge in [0.1, 0.15) is 17.8 Å². The van der Waals surface area contributed by atoms with Gasteiger partial charge in [-0.25, -0.2) is 4.98 Å². The van der Waals surface area contributed by atoms with Crippen LogP contribution in [0.3, 0.4) is 0 Å². The zero-order valence-corrected chi connectivity index (χ0v) is 16.7. The van der Waals surface area contributed by atoms with Crippen molar-refractivity contribution < 1.29 is 14.4 Å². The molecule has 1 aromatic rings. The summed E-state index contributed by atoms with van der Waals surface area (Å²) in [4.78, 5) is 45.2. The first-order valence-electron chi connectivity index (χ1n) is 10.1. The summed E-state index contributed by atoms with van der Waals surface area (Å²) >= 11 is 0. The van der Waals surface area contributed by atoms with Gasteiger partial charge in [0, 0.05) is 12.4 Å². The Morgan fingerprint density at radius 1 is 1.18 bits per heavy atom. The lowest BCUT2D eigenvalue weighted by molar-refractivity contribution is -0.129. The molecule has 0 unspecified atom stereocenters. The number of primary amides is 1. The van der Waals surface area contributed by atoms with E-state index in [1.54, 1.807) is 0 Å². The first kappa shape index (κ1) is 21.8. The monoisotopic (exact) mass is 389 g/mol. The molecule has 0 spiro atoms. The summed E-state index contributed by atoms with van der Waals surface area (Å²) in [7, 11) is 0. The number of nitrogens with zero attached hydrogens (tertiary/aromatic N) is 2. The maximum absolute atomic E-state index is 12.9. The first-order chi connectivity index (χ1) is 13.4. The topological polar surface area (TPSA) is 127 Å². The number of nitrogens with two attached hydrogens (primary N) is 1. The van der Waals surface area contributed by atoms with Crippen molar-refractivity contribution in [3.05, 3.63) is 24.3 Å². The molecule has 1 heterocycles. The summed E-state index contributed by atoms with van der Waals surface area (Å²) in [5, 5.41) is 5.53. The van der Waals surface area contributed by atoms with Crippen LogP contribution in [0.1, 0.15) is 69.3 Å². The Bertz CT molecular complexity index is 661. The third-order valence-electron chi connectivity index (χ3n) is 5.53. The van der Waals surface area contributed by atoms with Gasteiger partial charge in [0.2, 0.25) is 11.8 Å². The minimum absolute atomic E-state index is 0.0903. The van der Waals surface area contributed by atoms with Crippen LogP contribution >= 0.6 is 0 Å². The summed E-state index contributed by atoms with van der Waals surface area (Å²) < 4.78 is 0. The lowest BCUT2D eigenvalue weighted by atomic mass is 9.84. The standard InChI is InChI=1S/C20H31N5O3/c1-3-13(2)17(18(21)26)25-19(27)15(11-14-7-5-4-6-8-14)24-20(28)16-12-22-9-10-23-16/h9-10,12-15,17H,3-8,11H2,1-2H3,(H2,21,26)(H,24,28)(H,25,27)/t13-,15-,17-/m0/s1. The Morgan fingerprint density at radius 3 is 2.46 bits per heavy atom. The van der Waals surface area contributed by atoms with Gasteiger partial charge < -0.3 is 16.4 Å². The van der Waals surface area contributed by atoms with Gasteiger partial charge in [-0.15, -0.1) is 0 Å². The van der Waals surface area contributed by atoms with Crippen LogP contribution in [0.5, 0.6) is 0 Å². The fourth-order valence-corrected chi connectivity index (χ4v) is 3.62. The molecule has 0 radical (unpaired) electrons. The highest BCUT2D eigenvalue weighted by molar-refractivity contribution is 5.96. The molecule has 1 aliphatic carbocycles. The second-order valence-corrected chi connectivity index (χ2v) is 7.63. The van der Waals surface area contributed by atoms with Crippen LogP contribution < -0.4 is 16.4 Å². The van der Waals surface area contributed by atoms with E-state index in [1.165, 1.54) is 25.0 Å². The van der Waals surface area contributed by atoms with E-state index in [0.717, 1.165) is 25.7 Å². The summed E-state index contributed by atoms with van der Waals surface area (Å²) in [6, 6.07) is -1.51. The molecule has 0 bridgehead atoms. The Morgan fingerprint density at radius 2 is 1.89 bits per heavy atom. The Hall–Kier alpha value is -2.51. The Kier molecular flexibility index (Phi) is 8.35. The fourth-order valence-electron chi connectivity index (χ4n) is 3.62. The van der Waals surface area contributed by atoms with Crippen molar-refractivity contribution in [2.45, 2.75) is 70.9 Å². The van der Waals surface area contributed by atoms with Gasteiger partial charge in [0.05, 0.1) is 6.20 Å². The van der Waals surface area contributed by atoms with E-state index in [-0.39, 0.29) is 17.5 Å². The smallest absolute Gasteiger partial charge is 0.272 e. The van der Waals surface area contributed by atoms with Crippen molar-refractivity contribution in [1.82, 2.24) is 20.6 Å². The number of hydrogen-bond acceptors (Lipinski definition) is 5. The van der Waals surface area contributed by atoms with Gasteiger partial charge >= 0.3 is 0 Å². The maximum Gasteiger partial charge on any atom is 0.272 e. The summed E-state index contributed by atoms with van der Waals surface area (Å²) in [5.74, 6) is -1.13. The van der Waals surface area contributed by atoms with Gasteiger partial charge in [-0.05, 0) is 18.3 Å². The zero-order chi connectivity index (χ0) is 20.5. The third-order valence-corrected chi connectivity index (χ3v) is 5.53. The fraction of sp³-hybridized carbons (Fsp3) is 0.650. The van der Waals surface area contributed by atoms with Gasteiger partial charge in [-0.1, -0.05) is 52.4 Å². The molecular weight excluding hydrogens is 358 g/mol. The molecule has 1 aliphatic rings. The first-order valence-corrected chi connectivity index (χ1v) is 10.1. The average molecular weight is 390 g/mol. The van der Waals surface area contributed by atoms with E-state index in [9.17, 15) is 14.4 Å². The Balaban J connectivity index is 2.12. The quantitative estimate of drug-likeness (QED) is 0.591. The van der Waals surface area contributed by atoms with Crippen molar-refractivity contribution in [2.24, 2.45) is 17.6 Å². The van der Waals surface area contributed by atoms with Gasteiger partial charge in [-0.3, -0.25) is 19.4 Å². The van der Waals surface area contributed by atoms with Crippen molar-refractivity contribution in [1.29, 1.82) is 0 Å². The molecule has 0 aliphatic heterocycles. The average Bonchev–Trinajstić information content (AvgIpc) is 2.71. The van der Waals surface area contributed by atoms with E-state index in [0.29, 0.717) is 18.8 Å². The van der Waals surface area contributed by atoms with E-state index in [4.69, 9.17) is 5.73 Å². The van der Waals surface area contributed by atoms with Crippen LogP contribution in [-0.4, -0.2) is 39.8 Å². The Labute approximate surface area is 166 Å². The zero-order valence-electron chi connectivity index (χ0n) is 16.7. The highest BCUT2D eigenvalue weighted by atomic mass is 16.2. The molecule has 4 N–H and O–H groups in total. The summed E-state index contributed by atoms with van der Waals surface area (Å²) in [6.07, 6.45) is 11.0. The molecule has 2 rings (SSSR count). The van der Waals surface area contributed by atoms with E-state index < -0.39 is 23.9 Å². The minimum atomic E-state index is -0.764. The molecule has 8 heteroatoms. The van der Waals surface area contributed by atoms with Gasteiger partial charge in [0.25, 0.3) is 5.91 Å². The molecule has 0 saturated heterocycles. The van der Waals surface area contributed by atoms with Gasteiger partial charge in [0.15, 0.2) is 0 Å². The van der Waals surface area contributed by atoms with Crippen molar-refractivity contribution in [2.75, 3.05) is 0 Å². The molecule has 1 saturated carbocycles. The molecule has 8 nitrogen and oxygen atoms in total. The van der Waals surface area contributed by atoms with Crippen molar-refractivity contribution in [3.8, 4) is 0 Å². The molecule has 154 valence electrons. The summed E-state index contributed by atoms with van der Waals surface area (Å²) in [5.41, 5.74) is 5.63. The minimum Gasteiger partial charge on any atom is -0.368 e. The second-order valence-electron chi connectivity index (χ2n) is 7.63. The third kappa shape index (κ3) is 6.28. The highest BCUT2D eigenvalue weighted by Gasteiger charge is 2.31. The van der Waals surface area contributed by atoms with Crippen LogP contribution in [-0.2, 0) is 9.59 Å². The number of carbonyl (C=O) groups excluding carboxylic acids is 3. The number of carbonyl (C=O) groups is 3. The van der Waals surface area contributed by atoms with Crippen LogP contribution in [0.4, 0.5) is 0 Å². The van der Waals surface area contributed by atoms with E-state index >= 15 is 0 Å². The van der Waals surface area contributed by atoms with Crippen LogP contribution in [0.25, 0.3) is 0 Å². The second kappa shape index (κ2) is 10.7. The molecule has 0 aromatic carbocycles. The van der Waals surface area contributed by atoms with Crippen LogP contribution in [0.15, 0.2) is 18.6 Å². The number of amides is 3. The molecule has 3 amide bonds. The lowest BCUT2D eigenvalue weighted by Gasteiger charge is -2.28. The highest BCUT2D eigenvalue weighted by Crippen LogP contribution is 2.27. The largest absolute Gasteiger partial charge is 0.368 e. The number of aromatic nitrogens is 2. The predicted octanol–water partition coefficient (Wildman–Crippen LogP) is 1.56. The van der Waals surface area contributed by atoms with Gasteiger partial charge in [-0.2, -0.15) is 0 Å². The normalized spacial score (nSPS) is 17.9. The van der Waals surface area contributed by atoms with Crippen molar-refractivity contribution in [3.63, 3.8) is 0 Å². The molecule has 28 heavy (non-hydrogen) atoms.